The minimum Gasteiger partial charge on any atom is -0.354 e. The third-order valence-electron chi connectivity index (χ3n) is 4.66. The molecule has 0 fully saturated rings. The lowest BCUT2D eigenvalue weighted by Crippen LogP contribution is -2.38. The molecule has 0 aliphatic heterocycles. The fourth-order valence-electron chi connectivity index (χ4n) is 3.12. The van der Waals surface area contributed by atoms with Crippen LogP contribution < -0.4 is 16.6 Å². The van der Waals surface area contributed by atoms with E-state index in [1.807, 2.05) is 6.07 Å². The number of carbonyl (C=O) groups excluding carboxylic acids is 1. The van der Waals surface area contributed by atoms with Crippen molar-refractivity contribution in [1.82, 2.24) is 44.2 Å². The van der Waals surface area contributed by atoms with Gasteiger partial charge in [-0.2, -0.15) is 5.10 Å². The van der Waals surface area contributed by atoms with E-state index in [2.05, 4.69) is 30.5 Å². The molecule has 12 nitrogen and oxygen atoms in total. The predicted octanol–water partition coefficient (Wildman–Crippen LogP) is -1.03. The van der Waals surface area contributed by atoms with Gasteiger partial charge in [0.05, 0.1) is 6.33 Å². The van der Waals surface area contributed by atoms with Gasteiger partial charge in [0.15, 0.2) is 11.3 Å². The van der Waals surface area contributed by atoms with Crippen LogP contribution in [0.25, 0.3) is 22.6 Å². The summed E-state index contributed by atoms with van der Waals surface area (Å²) in [6.07, 6.45) is 5.18. The number of nitrogens with zero attached hydrogens (tertiary/aromatic N) is 7. The zero-order chi connectivity index (χ0) is 21.3. The number of H-pyrrole nitrogens is 1. The number of aryl methyl sites for hydroxylation is 1. The number of hydrogen-bond acceptors (Lipinski definition) is 7. The predicted molar refractivity (Wildman–Crippen MR) is 107 cm³/mol. The van der Waals surface area contributed by atoms with Gasteiger partial charge in [0.1, 0.15) is 18.0 Å². The van der Waals surface area contributed by atoms with Crippen molar-refractivity contribution in [3.05, 3.63) is 57.5 Å². The molecule has 0 aromatic carbocycles. The Kier molecular flexibility index (Phi) is 4.96. The van der Waals surface area contributed by atoms with Gasteiger partial charge in [0.25, 0.3) is 5.56 Å². The van der Waals surface area contributed by atoms with Crippen LogP contribution in [0.5, 0.6) is 0 Å². The Morgan fingerprint density at radius 2 is 2.07 bits per heavy atom. The standard InChI is InChI=1S/C18H19N9O3/c1-25-16-14(17(29)26(2)18(25)30)21-10-27(16)9-13(28)20-7-5-12-22-15(24-23-12)11-4-3-6-19-8-11/h3-4,6,8,10H,5,7,9H2,1-2H3,(H,20,28)(H,22,23,24). The van der Waals surface area contributed by atoms with E-state index in [-0.39, 0.29) is 18.0 Å². The lowest BCUT2D eigenvalue weighted by atomic mass is 10.3. The number of carbonyl (C=O) groups is 1. The van der Waals surface area contributed by atoms with Gasteiger partial charge in [0, 0.05) is 45.0 Å². The third kappa shape index (κ3) is 3.50. The molecule has 154 valence electrons. The van der Waals surface area contributed by atoms with Crippen molar-refractivity contribution in [2.24, 2.45) is 14.1 Å². The second kappa shape index (κ2) is 7.73. The Morgan fingerprint density at radius 3 is 2.83 bits per heavy atom. The monoisotopic (exact) mass is 409 g/mol. The van der Waals surface area contributed by atoms with Gasteiger partial charge < -0.3 is 9.88 Å². The van der Waals surface area contributed by atoms with Crippen molar-refractivity contribution in [1.29, 1.82) is 0 Å². The second-order valence-electron chi connectivity index (χ2n) is 6.70. The average molecular weight is 409 g/mol. The minimum absolute atomic E-state index is 0.0751. The molecule has 30 heavy (non-hydrogen) atoms. The minimum atomic E-state index is -0.498. The summed E-state index contributed by atoms with van der Waals surface area (Å²) in [6.45, 7) is 0.266. The molecule has 4 rings (SSSR count). The van der Waals surface area contributed by atoms with E-state index in [9.17, 15) is 14.4 Å². The van der Waals surface area contributed by atoms with Crippen LogP contribution in [0.4, 0.5) is 0 Å². The number of nitrogens with one attached hydrogen (secondary N) is 2. The van der Waals surface area contributed by atoms with E-state index in [0.717, 1.165) is 10.1 Å². The van der Waals surface area contributed by atoms with Crippen molar-refractivity contribution >= 4 is 17.1 Å². The second-order valence-corrected chi connectivity index (χ2v) is 6.70. The Morgan fingerprint density at radius 1 is 1.23 bits per heavy atom. The summed E-state index contributed by atoms with van der Waals surface area (Å²) < 4.78 is 3.75. The molecule has 0 bridgehead atoms. The Labute approximate surface area is 169 Å². The molecular weight excluding hydrogens is 390 g/mol. The van der Waals surface area contributed by atoms with Gasteiger partial charge in [-0.1, -0.05) is 0 Å². The highest BCUT2D eigenvalue weighted by atomic mass is 16.2. The van der Waals surface area contributed by atoms with Gasteiger partial charge >= 0.3 is 5.69 Å². The van der Waals surface area contributed by atoms with E-state index >= 15 is 0 Å². The molecule has 12 heteroatoms. The quantitative estimate of drug-likeness (QED) is 0.414. The topological polar surface area (TPSA) is 145 Å². The third-order valence-corrected chi connectivity index (χ3v) is 4.66. The fourth-order valence-corrected chi connectivity index (χ4v) is 3.12. The molecule has 4 aromatic heterocycles. The molecule has 2 N–H and O–H groups in total. The lowest BCUT2D eigenvalue weighted by Gasteiger charge is -2.09. The van der Waals surface area contributed by atoms with Gasteiger partial charge in [-0.05, 0) is 12.1 Å². The first-order chi connectivity index (χ1) is 14.5. The molecular formula is C18H19N9O3. The summed E-state index contributed by atoms with van der Waals surface area (Å²) in [7, 11) is 2.92. The van der Waals surface area contributed by atoms with E-state index < -0.39 is 11.2 Å². The molecule has 0 aliphatic carbocycles. The Bertz CT molecular complexity index is 1330. The molecule has 1 amide bonds. The number of amides is 1. The number of aromatic amines is 1. The maximum Gasteiger partial charge on any atom is 0.332 e. The van der Waals surface area contributed by atoms with Crippen LogP contribution in [0.2, 0.25) is 0 Å². The molecule has 0 saturated heterocycles. The van der Waals surface area contributed by atoms with Crippen molar-refractivity contribution in [3.63, 3.8) is 0 Å². The number of hydrogen-bond donors (Lipinski definition) is 2. The number of pyridine rings is 1. The van der Waals surface area contributed by atoms with Crippen molar-refractivity contribution in [3.8, 4) is 11.4 Å². The summed E-state index contributed by atoms with van der Waals surface area (Å²) in [5.74, 6) is 0.888. The average Bonchev–Trinajstić information content (AvgIpc) is 3.39. The Hall–Kier alpha value is -4.09. The van der Waals surface area contributed by atoms with E-state index in [1.165, 1.54) is 29.6 Å². The van der Waals surface area contributed by atoms with Crippen LogP contribution in [0.1, 0.15) is 5.82 Å². The molecule has 0 aliphatic rings. The van der Waals surface area contributed by atoms with Crippen LogP contribution in [0.15, 0.2) is 40.4 Å². The SMILES string of the molecule is Cn1c(=O)c2ncn(CC(=O)NCCc3nc(-c4cccnc4)n[nH]3)c2n(C)c1=O. The molecule has 0 atom stereocenters. The van der Waals surface area contributed by atoms with Gasteiger partial charge in [0.2, 0.25) is 5.91 Å². The summed E-state index contributed by atoms with van der Waals surface area (Å²) in [6, 6.07) is 3.66. The summed E-state index contributed by atoms with van der Waals surface area (Å²) in [5, 5.41) is 9.77. The summed E-state index contributed by atoms with van der Waals surface area (Å²) in [5.41, 5.74) is 0.255. The number of imidazole rings is 1. The first kappa shape index (κ1) is 19.2. The summed E-state index contributed by atoms with van der Waals surface area (Å²) >= 11 is 0. The number of aromatic nitrogens is 8. The first-order valence-corrected chi connectivity index (χ1v) is 9.15. The van der Waals surface area contributed by atoms with Crippen molar-refractivity contribution in [2.75, 3.05) is 6.54 Å². The highest BCUT2D eigenvalue weighted by Gasteiger charge is 2.15. The van der Waals surface area contributed by atoms with Crippen LogP contribution in [0, 0.1) is 0 Å². The zero-order valence-electron chi connectivity index (χ0n) is 16.4. The van der Waals surface area contributed by atoms with Crippen molar-refractivity contribution < 1.29 is 4.79 Å². The van der Waals surface area contributed by atoms with Gasteiger partial charge in [-0.3, -0.25) is 28.8 Å². The smallest absolute Gasteiger partial charge is 0.332 e. The summed E-state index contributed by atoms with van der Waals surface area (Å²) in [4.78, 5) is 49.1. The van der Waals surface area contributed by atoms with E-state index in [0.29, 0.717) is 30.3 Å². The van der Waals surface area contributed by atoms with Gasteiger partial charge in [-0.15, -0.1) is 0 Å². The molecule has 0 unspecified atom stereocenters. The number of fused-ring (bicyclic) bond motifs is 1. The normalized spacial score (nSPS) is 11.1. The molecule has 4 heterocycles. The largest absolute Gasteiger partial charge is 0.354 e. The van der Waals surface area contributed by atoms with Crippen molar-refractivity contribution in [2.45, 2.75) is 13.0 Å². The molecule has 0 spiro atoms. The van der Waals surface area contributed by atoms with E-state index in [1.54, 1.807) is 18.5 Å². The van der Waals surface area contributed by atoms with Gasteiger partial charge in [-0.25, -0.2) is 14.8 Å². The molecule has 0 radical (unpaired) electrons. The molecule has 4 aromatic rings. The maximum absolute atomic E-state index is 12.3. The lowest BCUT2D eigenvalue weighted by molar-refractivity contribution is -0.121. The Balaban J connectivity index is 1.40. The highest BCUT2D eigenvalue weighted by molar-refractivity contribution is 5.78. The molecule has 0 saturated carbocycles. The van der Waals surface area contributed by atoms with Crippen LogP contribution in [-0.4, -0.2) is 51.3 Å². The van der Waals surface area contributed by atoms with E-state index in [4.69, 9.17) is 0 Å². The van der Waals surface area contributed by atoms with Crippen LogP contribution in [0.3, 0.4) is 0 Å². The fraction of sp³-hybridized carbons (Fsp3) is 0.278. The highest BCUT2D eigenvalue weighted by Crippen LogP contribution is 2.12. The zero-order valence-corrected chi connectivity index (χ0v) is 16.4. The maximum atomic E-state index is 12.3. The van der Waals surface area contributed by atoms with Crippen LogP contribution in [-0.2, 0) is 31.9 Å². The first-order valence-electron chi connectivity index (χ1n) is 9.15. The number of rotatable bonds is 6. The van der Waals surface area contributed by atoms with Crippen LogP contribution >= 0.6 is 0 Å².